The lowest BCUT2D eigenvalue weighted by atomic mass is 9.97. The Bertz CT molecular complexity index is 939. The minimum Gasteiger partial charge on any atom is -0.507 e. The fourth-order valence-electron chi connectivity index (χ4n) is 3.32. The highest BCUT2D eigenvalue weighted by Gasteiger charge is 2.33. The van der Waals surface area contributed by atoms with Crippen LogP contribution in [0.5, 0.6) is 5.75 Å². The maximum Gasteiger partial charge on any atom is 0.416 e. The van der Waals surface area contributed by atoms with Crippen molar-refractivity contribution in [2.45, 2.75) is 13.1 Å². The van der Waals surface area contributed by atoms with Crippen molar-refractivity contribution in [1.82, 2.24) is 0 Å². The topological polar surface area (TPSA) is 20.2 Å². The number of hydrogen-bond donors (Lipinski definition) is 1. The van der Waals surface area contributed by atoms with Crippen molar-refractivity contribution in [3.8, 4) is 28.0 Å². The summed E-state index contributed by atoms with van der Waals surface area (Å²) in [5.41, 5.74) is 3.13. The lowest BCUT2D eigenvalue weighted by Gasteiger charge is -2.11. The Balaban J connectivity index is 2.14. The summed E-state index contributed by atoms with van der Waals surface area (Å²) >= 11 is 0. The smallest absolute Gasteiger partial charge is 0.416 e. The molecular formula is C18H11F3O. The summed E-state index contributed by atoms with van der Waals surface area (Å²) in [7, 11) is 0. The van der Waals surface area contributed by atoms with E-state index in [9.17, 15) is 18.3 Å². The predicted molar refractivity (Wildman–Crippen MR) is 79.8 cm³/mol. The number of rotatable bonds is 0. The Morgan fingerprint density at radius 1 is 0.909 bits per heavy atom. The van der Waals surface area contributed by atoms with Gasteiger partial charge >= 0.3 is 6.18 Å². The second kappa shape index (κ2) is 4.03. The highest BCUT2D eigenvalue weighted by atomic mass is 19.4. The molecule has 0 saturated heterocycles. The molecule has 1 aliphatic rings. The molecule has 0 aromatic heterocycles. The molecule has 0 saturated carbocycles. The third kappa shape index (κ3) is 1.61. The molecule has 3 aromatic carbocycles. The maximum atomic E-state index is 13.0. The fourth-order valence-corrected chi connectivity index (χ4v) is 3.32. The van der Waals surface area contributed by atoms with Crippen LogP contribution >= 0.6 is 0 Å². The number of aromatic hydroxyl groups is 1. The number of aryl methyl sites for hydroxylation is 1. The molecule has 22 heavy (non-hydrogen) atoms. The van der Waals surface area contributed by atoms with E-state index in [1.54, 1.807) is 19.1 Å². The standard InChI is InChI=1S/C18H11F3O/c1-9-7-15(22)13-4-2-3-12-11-6-5-10(18(19,20)21)8-14(11)16(9)17(12)13/h2-8,22H,1H3. The van der Waals surface area contributed by atoms with Crippen LogP contribution in [-0.4, -0.2) is 5.11 Å². The van der Waals surface area contributed by atoms with Gasteiger partial charge < -0.3 is 5.11 Å². The molecule has 0 radical (unpaired) electrons. The molecule has 0 bridgehead atoms. The summed E-state index contributed by atoms with van der Waals surface area (Å²) in [6.07, 6.45) is -4.37. The first-order chi connectivity index (χ1) is 10.4. The highest BCUT2D eigenvalue weighted by molar-refractivity contribution is 6.17. The van der Waals surface area contributed by atoms with Crippen LogP contribution in [0.3, 0.4) is 0 Å². The van der Waals surface area contributed by atoms with Crippen LogP contribution in [0.2, 0.25) is 0 Å². The Labute approximate surface area is 124 Å². The zero-order chi connectivity index (χ0) is 15.6. The number of phenols is 1. The molecule has 4 heteroatoms. The van der Waals surface area contributed by atoms with E-state index in [-0.39, 0.29) is 5.75 Å². The van der Waals surface area contributed by atoms with Crippen LogP contribution in [0.15, 0.2) is 42.5 Å². The van der Waals surface area contributed by atoms with Crippen molar-refractivity contribution in [2.24, 2.45) is 0 Å². The largest absolute Gasteiger partial charge is 0.507 e. The molecule has 0 fully saturated rings. The SMILES string of the molecule is Cc1cc(O)c2cccc3c2c1-c1cc(C(F)(F)F)ccc1-3. The average molecular weight is 300 g/mol. The van der Waals surface area contributed by atoms with Crippen molar-refractivity contribution >= 4 is 10.8 Å². The van der Waals surface area contributed by atoms with Gasteiger partial charge in [0.2, 0.25) is 0 Å². The highest BCUT2D eigenvalue weighted by Crippen LogP contribution is 2.51. The van der Waals surface area contributed by atoms with Crippen LogP contribution in [0, 0.1) is 6.92 Å². The Morgan fingerprint density at radius 2 is 1.68 bits per heavy atom. The molecule has 0 unspecified atom stereocenters. The first-order valence-corrected chi connectivity index (χ1v) is 6.85. The number of fused-ring (bicyclic) bond motifs is 3. The molecule has 1 nitrogen and oxygen atoms in total. The molecule has 0 spiro atoms. The van der Waals surface area contributed by atoms with Crippen molar-refractivity contribution in [1.29, 1.82) is 0 Å². The monoisotopic (exact) mass is 300 g/mol. The van der Waals surface area contributed by atoms with Gasteiger partial charge in [-0.05, 0) is 52.9 Å². The number of halogens is 3. The predicted octanol–water partition coefficient (Wildman–Crippen LogP) is 5.52. The van der Waals surface area contributed by atoms with Crippen molar-refractivity contribution in [3.05, 3.63) is 53.6 Å². The van der Waals surface area contributed by atoms with Crippen molar-refractivity contribution < 1.29 is 18.3 Å². The van der Waals surface area contributed by atoms with E-state index in [1.165, 1.54) is 12.1 Å². The van der Waals surface area contributed by atoms with Gasteiger partial charge in [0.25, 0.3) is 0 Å². The van der Waals surface area contributed by atoms with E-state index in [2.05, 4.69) is 0 Å². The van der Waals surface area contributed by atoms with Gasteiger partial charge in [-0.1, -0.05) is 24.3 Å². The van der Waals surface area contributed by atoms with E-state index in [0.29, 0.717) is 10.9 Å². The normalized spacial score (nSPS) is 12.7. The number of hydrogen-bond acceptors (Lipinski definition) is 1. The molecule has 0 heterocycles. The number of benzene rings is 3. The molecule has 0 atom stereocenters. The third-order valence-corrected chi connectivity index (χ3v) is 4.24. The molecule has 110 valence electrons. The van der Waals surface area contributed by atoms with Crippen molar-refractivity contribution in [3.63, 3.8) is 0 Å². The van der Waals surface area contributed by atoms with E-state index in [0.717, 1.165) is 33.7 Å². The second-order valence-corrected chi connectivity index (χ2v) is 5.57. The van der Waals surface area contributed by atoms with Gasteiger partial charge in [0.15, 0.2) is 0 Å². The molecular weight excluding hydrogens is 289 g/mol. The van der Waals surface area contributed by atoms with E-state index in [1.807, 2.05) is 12.1 Å². The Kier molecular flexibility index (Phi) is 2.42. The Morgan fingerprint density at radius 3 is 2.41 bits per heavy atom. The van der Waals surface area contributed by atoms with Gasteiger partial charge in [-0.3, -0.25) is 0 Å². The maximum absolute atomic E-state index is 13.0. The van der Waals surface area contributed by atoms with Gasteiger partial charge in [-0.2, -0.15) is 13.2 Å². The minimum absolute atomic E-state index is 0.155. The quantitative estimate of drug-likeness (QED) is 0.453. The molecule has 4 rings (SSSR count). The van der Waals surface area contributed by atoms with Crippen LogP contribution in [0.1, 0.15) is 11.1 Å². The molecule has 1 N–H and O–H groups in total. The zero-order valence-electron chi connectivity index (χ0n) is 11.6. The van der Waals surface area contributed by atoms with E-state index < -0.39 is 11.7 Å². The third-order valence-electron chi connectivity index (χ3n) is 4.24. The van der Waals surface area contributed by atoms with Gasteiger partial charge in [0.05, 0.1) is 5.56 Å². The molecule has 3 aromatic rings. The van der Waals surface area contributed by atoms with E-state index >= 15 is 0 Å². The van der Waals surface area contributed by atoms with Crippen LogP contribution < -0.4 is 0 Å². The second-order valence-electron chi connectivity index (χ2n) is 5.57. The molecule has 0 amide bonds. The van der Waals surface area contributed by atoms with Gasteiger partial charge in [0, 0.05) is 10.8 Å². The molecule has 1 aliphatic carbocycles. The first kappa shape index (κ1) is 13.2. The van der Waals surface area contributed by atoms with Crippen molar-refractivity contribution in [2.75, 3.05) is 0 Å². The Hall–Kier alpha value is -2.49. The summed E-state index contributed by atoms with van der Waals surface area (Å²) in [5.74, 6) is 0.155. The van der Waals surface area contributed by atoms with E-state index in [4.69, 9.17) is 0 Å². The summed E-state index contributed by atoms with van der Waals surface area (Å²) in [4.78, 5) is 0. The summed E-state index contributed by atoms with van der Waals surface area (Å²) < 4.78 is 39.0. The first-order valence-electron chi connectivity index (χ1n) is 6.85. The van der Waals surface area contributed by atoms with Gasteiger partial charge in [0.1, 0.15) is 5.75 Å². The lowest BCUT2D eigenvalue weighted by molar-refractivity contribution is -0.137. The van der Waals surface area contributed by atoms with Crippen LogP contribution in [0.25, 0.3) is 33.0 Å². The fraction of sp³-hybridized carbons (Fsp3) is 0.111. The average Bonchev–Trinajstić information content (AvgIpc) is 2.79. The number of phenolic OH excluding ortho intramolecular Hbond substituents is 1. The van der Waals surface area contributed by atoms with Crippen LogP contribution in [-0.2, 0) is 6.18 Å². The number of alkyl halides is 3. The van der Waals surface area contributed by atoms with Gasteiger partial charge in [-0.25, -0.2) is 0 Å². The lowest BCUT2D eigenvalue weighted by Crippen LogP contribution is -2.04. The summed E-state index contributed by atoms with van der Waals surface area (Å²) in [5, 5.41) is 11.6. The zero-order valence-corrected chi connectivity index (χ0v) is 11.6. The van der Waals surface area contributed by atoms with Gasteiger partial charge in [-0.15, -0.1) is 0 Å². The molecule has 0 aliphatic heterocycles. The minimum atomic E-state index is -4.37. The summed E-state index contributed by atoms with van der Waals surface area (Å²) in [6.45, 7) is 1.81. The summed E-state index contributed by atoms with van der Waals surface area (Å²) in [6, 6.07) is 10.9. The van der Waals surface area contributed by atoms with Crippen LogP contribution in [0.4, 0.5) is 13.2 Å².